The molecule has 0 radical (unpaired) electrons. The van der Waals surface area contributed by atoms with E-state index >= 15 is 0 Å². The summed E-state index contributed by atoms with van der Waals surface area (Å²) in [6.45, 7) is 7.75. The molecule has 0 fully saturated rings. The number of thiazole rings is 1. The molecular weight excluding hydrogens is 494 g/mol. The molecule has 1 aliphatic carbocycles. The lowest BCUT2D eigenvalue weighted by molar-refractivity contribution is 0.0983. The predicted octanol–water partition coefficient (Wildman–Crippen LogP) is 6.35. The monoisotopic (exact) mass is 521 g/mol. The Kier molecular flexibility index (Phi) is 8.50. The summed E-state index contributed by atoms with van der Waals surface area (Å²) in [6, 6.07) is 12.3. The Hall–Kier alpha value is -1.47. The van der Waals surface area contributed by atoms with E-state index in [1.165, 1.54) is 24.0 Å². The van der Waals surface area contributed by atoms with Crippen molar-refractivity contribution in [3.8, 4) is 0 Å². The third-order valence-electron chi connectivity index (χ3n) is 5.94. The van der Waals surface area contributed by atoms with E-state index in [1.54, 1.807) is 11.3 Å². The molecule has 0 saturated heterocycles. The normalized spacial score (nSPS) is 13.2. The summed E-state index contributed by atoms with van der Waals surface area (Å²) in [4.78, 5) is 22.7. The van der Waals surface area contributed by atoms with Crippen LogP contribution in [-0.2, 0) is 12.8 Å². The predicted molar refractivity (Wildman–Crippen MR) is 137 cm³/mol. The number of carbonyl (C=O) groups excluding carboxylic acids is 1. The Morgan fingerprint density at radius 2 is 1.77 bits per heavy atom. The molecule has 0 N–H and O–H groups in total. The van der Waals surface area contributed by atoms with E-state index in [4.69, 9.17) is 4.98 Å². The van der Waals surface area contributed by atoms with E-state index in [9.17, 15) is 4.79 Å². The molecule has 7 heteroatoms. The van der Waals surface area contributed by atoms with Gasteiger partial charge in [-0.3, -0.25) is 9.69 Å². The second-order valence-corrected chi connectivity index (χ2v) is 9.71. The highest BCUT2D eigenvalue weighted by Gasteiger charge is 2.23. The van der Waals surface area contributed by atoms with Crippen LogP contribution in [0.5, 0.6) is 0 Å². The number of rotatable bonds is 7. The van der Waals surface area contributed by atoms with Crippen molar-refractivity contribution in [2.75, 3.05) is 31.1 Å². The average molecular weight is 523 g/mol. The van der Waals surface area contributed by atoms with E-state index in [2.05, 4.69) is 52.9 Å². The maximum absolute atomic E-state index is 13.6. The first-order valence-electron chi connectivity index (χ1n) is 10.8. The first kappa shape index (κ1) is 24.2. The average Bonchev–Trinajstić information content (AvgIpc) is 3.18. The van der Waals surface area contributed by atoms with Gasteiger partial charge in [0.15, 0.2) is 5.13 Å². The van der Waals surface area contributed by atoms with Gasteiger partial charge in [-0.15, -0.1) is 12.4 Å². The second kappa shape index (κ2) is 10.9. The highest BCUT2D eigenvalue weighted by Crippen LogP contribution is 2.32. The van der Waals surface area contributed by atoms with Crippen LogP contribution in [-0.4, -0.2) is 42.0 Å². The molecule has 0 aliphatic heterocycles. The van der Waals surface area contributed by atoms with Gasteiger partial charge < -0.3 is 4.90 Å². The molecule has 4 rings (SSSR count). The first-order chi connectivity index (χ1) is 14.6. The number of hydrogen-bond donors (Lipinski definition) is 0. The van der Waals surface area contributed by atoms with Crippen LogP contribution < -0.4 is 4.90 Å². The zero-order valence-electron chi connectivity index (χ0n) is 18.1. The minimum Gasteiger partial charge on any atom is -0.302 e. The maximum Gasteiger partial charge on any atom is 0.260 e. The Balaban J connectivity index is 0.00000272. The Morgan fingerprint density at radius 1 is 1.03 bits per heavy atom. The molecule has 2 aromatic carbocycles. The summed E-state index contributed by atoms with van der Waals surface area (Å²) in [7, 11) is 0. The zero-order valence-corrected chi connectivity index (χ0v) is 21.3. The zero-order chi connectivity index (χ0) is 21.1. The highest BCUT2D eigenvalue weighted by molar-refractivity contribution is 9.10. The van der Waals surface area contributed by atoms with Crippen LogP contribution in [0.1, 0.15) is 48.2 Å². The van der Waals surface area contributed by atoms with Gasteiger partial charge in [-0.25, -0.2) is 4.98 Å². The van der Waals surface area contributed by atoms with Gasteiger partial charge in [0.05, 0.1) is 10.2 Å². The van der Waals surface area contributed by atoms with Crippen LogP contribution >= 0.6 is 39.7 Å². The van der Waals surface area contributed by atoms with Crippen LogP contribution in [0.4, 0.5) is 5.13 Å². The maximum atomic E-state index is 13.6. The van der Waals surface area contributed by atoms with Gasteiger partial charge in [-0.05, 0) is 80.2 Å². The van der Waals surface area contributed by atoms with Gasteiger partial charge in [0.2, 0.25) is 0 Å². The van der Waals surface area contributed by atoms with Crippen molar-refractivity contribution in [1.29, 1.82) is 0 Å². The van der Waals surface area contributed by atoms with Crippen molar-refractivity contribution in [2.24, 2.45) is 0 Å². The highest BCUT2D eigenvalue weighted by atomic mass is 79.9. The molecule has 0 saturated carbocycles. The lowest BCUT2D eigenvalue weighted by atomic mass is 9.90. The molecule has 1 heterocycles. The van der Waals surface area contributed by atoms with Crippen LogP contribution in [0.25, 0.3) is 10.2 Å². The lowest BCUT2D eigenvalue weighted by Gasteiger charge is -2.25. The van der Waals surface area contributed by atoms with Crippen LogP contribution in [0.2, 0.25) is 0 Å². The molecule has 0 spiro atoms. The van der Waals surface area contributed by atoms with E-state index in [1.807, 2.05) is 23.1 Å². The summed E-state index contributed by atoms with van der Waals surface area (Å²) >= 11 is 5.12. The molecule has 1 aromatic heterocycles. The Bertz CT molecular complexity index is 1050. The second-order valence-electron chi connectivity index (χ2n) is 7.78. The molecule has 1 aliphatic rings. The van der Waals surface area contributed by atoms with Crippen molar-refractivity contribution >= 4 is 60.9 Å². The fourth-order valence-corrected chi connectivity index (χ4v) is 5.63. The van der Waals surface area contributed by atoms with E-state index in [0.29, 0.717) is 6.54 Å². The molecule has 0 unspecified atom stereocenters. The van der Waals surface area contributed by atoms with Crippen molar-refractivity contribution in [3.63, 3.8) is 0 Å². The van der Waals surface area contributed by atoms with Crippen LogP contribution in [0.15, 0.2) is 40.9 Å². The van der Waals surface area contributed by atoms with Gasteiger partial charge in [-0.1, -0.05) is 47.2 Å². The largest absolute Gasteiger partial charge is 0.302 e. The summed E-state index contributed by atoms with van der Waals surface area (Å²) < 4.78 is 2.12. The quantitative estimate of drug-likeness (QED) is 0.363. The Labute approximate surface area is 203 Å². The SMILES string of the molecule is CCN(CC)CCN(C(=O)c1ccc2c(c1)CCCC2)c1nc2ccc(Br)cc2s1.Cl. The summed E-state index contributed by atoms with van der Waals surface area (Å²) in [6.07, 6.45) is 4.66. The summed E-state index contributed by atoms with van der Waals surface area (Å²) in [5.41, 5.74) is 4.45. The fourth-order valence-electron chi connectivity index (χ4n) is 4.09. The summed E-state index contributed by atoms with van der Waals surface area (Å²) in [5, 5.41) is 0.776. The topological polar surface area (TPSA) is 36.4 Å². The van der Waals surface area contributed by atoms with Gasteiger partial charge in [0.25, 0.3) is 5.91 Å². The van der Waals surface area contributed by atoms with E-state index in [-0.39, 0.29) is 18.3 Å². The third-order valence-corrected chi connectivity index (χ3v) is 7.48. The Morgan fingerprint density at radius 3 is 2.52 bits per heavy atom. The van der Waals surface area contributed by atoms with E-state index < -0.39 is 0 Å². The van der Waals surface area contributed by atoms with Gasteiger partial charge in [-0.2, -0.15) is 0 Å². The fraction of sp³-hybridized carbons (Fsp3) is 0.417. The number of hydrogen-bond acceptors (Lipinski definition) is 4. The number of likely N-dealkylation sites (N-methyl/N-ethyl adjacent to an activating group) is 1. The van der Waals surface area contributed by atoms with Crippen LogP contribution in [0, 0.1) is 0 Å². The van der Waals surface area contributed by atoms with Crippen molar-refractivity contribution in [2.45, 2.75) is 39.5 Å². The number of nitrogens with zero attached hydrogens (tertiary/aromatic N) is 3. The number of carbonyl (C=O) groups is 1. The number of halogens is 2. The number of fused-ring (bicyclic) bond motifs is 2. The third kappa shape index (κ3) is 5.48. The minimum atomic E-state index is 0. The van der Waals surface area contributed by atoms with Gasteiger partial charge >= 0.3 is 0 Å². The lowest BCUT2D eigenvalue weighted by Crippen LogP contribution is -2.39. The molecule has 0 bridgehead atoms. The minimum absolute atomic E-state index is 0. The van der Waals surface area contributed by atoms with Crippen LogP contribution in [0.3, 0.4) is 0 Å². The molecule has 166 valence electrons. The number of anilines is 1. The smallest absolute Gasteiger partial charge is 0.260 e. The molecule has 4 nitrogen and oxygen atoms in total. The molecule has 1 amide bonds. The molecule has 31 heavy (non-hydrogen) atoms. The van der Waals surface area contributed by atoms with Gasteiger partial charge in [0, 0.05) is 23.1 Å². The van der Waals surface area contributed by atoms with E-state index in [0.717, 1.165) is 57.9 Å². The van der Waals surface area contributed by atoms with Crippen molar-refractivity contribution in [3.05, 3.63) is 57.6 Å². The number of amides is 1. The summed E-state index contributed by atoms with van der Waals surface area (Å²) in [5.74, 6) is 0.0497. The number of benzene rings is 2. The number of aryl methyl sites for hydroxylation is 2. The van der Waals surface area contributed by atoms with Crippen molar-refractivity contribution < 1.29 is 4.79 Å². The molecular formula is C24H29BrClN3OS. The molecule has 0 atom stereocenters. The molecule has 3 aromatic rings. The van der Waals surface area contributed by atoms with Crippen molar-refractivity contribution in [1.82, 2.24) is 9.88 Å². The first-order valence-corrected chi connectivity index (χ1v) is 12.4. The van der Waals surface area contributed by atoms with Gasteiger partial charge in [0.1, 0.15) is 0 Å². The number of aromatic nitrogens is 1. The standard InChI is InChI=1S/C24H28BrN3OS.ClH/c1-3-27(4-2)13-14-28(24-26-21-12-11-20(25)16-22(21)30-24)23(29)19-10-9-17-7-5-6-8-18(17)15-19;/h9-12,15-16H,3-8,13-14H2,1-2H3;1H.